The summed E-state index contributed by atoms with van der Waals surface area (Å²) in [6, 6.07) is 24.1. The summed E-state index contributed by atoms with van der Waals surface area (Å²) in [7, 11) is 0. The number of carbonyl (C=O) groups excluding carboxylic acids is 3. The second-order valence-electron chi connectivity index (χ2n) is 9.74. The molecule has 2 heterocycles. The van der Waals surface area contributed by atoms with Gasteiger partial charge in [-0.05, 0) is 41.3 Å². The van der Waals surface area contributed by atoms with Gasteiger partial charge in [-0.2, -0.15) is 0 Å². The van der Waals surface area contributed by atoms with Crippen molar-refractivity contribution in [2.24, 2.45) is 11.8 Å². The number of nitrogens with zero attached hydrogens (tertiary/aromatic N) is 2. The van der Waals surface area contributed by atoms with Gasteiger partial charge in [0.2, 0.25) is 11.8 Å². The highest BCUT2D eigenvalue weighted by atomic mass is 16.5. The van der Waals surface area contributed by atoms with E-state index in [1.165, 1.54) is 0 Å². The van der Waals surface area contributed by atoms with Gasteiger partial charge in [0.05, 0.1) is 11.8 Å². The van der Waals surface area contributed by atoms with Crippen LogP contribution < -0.4 is 4.74 Å². The Morgan fingerprint density at radius 3 is 1.86 bits per heavy atom. The maximum atomic E-state index is 13.9. The molecule has 3 aliphatic carbocycles. The molecule has 1 saturated heterocycles. The molecule has 176 valence electrons. The molecule has 3 aromatic carbocycles. The molecule has 0 spiro atoms. The number of benzene rings is 3. The quantitative estimate of drug-likeness (QED) is 0.250. The number of esters is 1. The minimum absolute atomic E-state index is 0.209. The van der Waals surface area contributed by atoms with Gasteiger partial charge in [0.1, 0.15) is 11.6 Å². The highest BCUT2D eigenvalue weighted by Gasteiger charge is 2.62. The zero-order valence-electron chi connectivity index (χ0n) is 19.5. The van der Waals surface area contributed by atoms with Crippen molar-refractivity contribution in [3.63, 3.8) is 0 Å². The fraction of sp³-hybridized carbons (Fsp3) is 0.200. The number of imide groups is 1. The van der Waals surface area contributed by atoms with Crippen LogP contribution in [0.15, 0.2) is 85.1 Å². The fourth-order valence-corrected chi connectivity index (χ4v) is 6.54. The normalized spacial score (nSPS) is 24.3. The van der Waals surface area contributed by atoms with Gasteiger partial charge in [0, 0.05) is 23.4 Å². The highest BCUT2D eigenvalue weighted by Crippen LogP contribution is 2.61. The van der Waals surface area contributed by atoms with E-state index in [1.54, 1.807) is 25.3 Å². The van der Waals surface area contributed by atoms with E-state index < -0.39 is 23.8 Å². The van der Waals surface area contributed by atoms with E-state index in [1.807, 2.05) is 42.5 Å². The zero-order valence-corrected chi connectivity index (χ0v) is 19.5. The Bertz CT molecular complexity index is 1470. The average molecular weight is 475 g/mol. The molecule has 3 atom stereocenters. The van der Waals surface area contributed by atoms with Crippen LogP contribution in [-0.4, -0.2) is 33.7 Å². The number of fused-ring (bicyclic) bond motifs is 1. The third-order valence-electron chi connectivity index (χ3n) is 8.02. The number of amides is 2. The summed E-state index contributed by atoms with van der Waals surface area (Å²) in [5.74, 6) is -2.42. The first-order valence-electron chi connectivity index (χ1n) is 12.2. The van der Waals surface area contributed by atoms with E-state index >= 15 is 0 Å². The smallest absolute Gasteiger partial charge is 0.334 e. The van der Waals surface area contributed by atoms with Crippen molar-refractivity contribution in [2.75, 3.05) is 0 Å². The lowest BCUT2D eigenvalue weighted by molar-refractivity contribution is -0.152. The van der Waals surface area contributed by atoms with Crippen LogP contribution in [0.4, 0.5) is 0 Å². The first-order valence-corrected chi connectivity index (χ1v) is 12.2. The molecule has 1 aliphatic heterocycles. The number of carbonyl (C=O) groups is 3. The SMILES string of the molecule is C[C@H](C(=O)Oc1cccc2cccnc12)N1C(=O)[C@@H]2C3c4ccccc4C(c4ccccc43)[C@H]2C1=O. The topological polar surface area (TPSA) is 76.6 Å². The summed E-state index contributed by atoms with van der Waals surface area (Å²) >= 11 is 0. The lowest BCUT2D eigenvalue weighted by atomic mass is 9.55. The molecule has 0 N–H and O–H groups in total. The Balaban J connectivity index is 1.25. The number of para-hydroxylation sites is 1. The predicted molar refractivity (Wildman–Crippen MR) is 132 cm³/mol. The van der Waals surface area contributed by atoms with E-state index in [9.17, 15) is 14.4 Å². The Morgan fingerprint density at radius 2 is 1.31 bits per heavy atom. The number of hydrogen-bond acceptors (Lipinski definition) is 5. The molecule has 1 aromatic heterocycles. The van der Waals surface area contributed by atoms with Crippen LogP contribution in [0.5, 0.6) is 5.75 Å². The third-order valence-corrected chi connectivity index (χ3v) is 8.02. The molecule has 8 rings (SSSR count). The molecule has 6 nitrogen and oxygen atoms in total. The number of pyridine rings is 1. The third kappa shape index (κ3) is 2.72. The minimum atomic E-state index is -1.06. The lowest BCUT2D eigenvalue weighted by Gasteiger charge is -2.45. The Kier molecular flexibility index (Phi) is 4.43. The van der Waals surface area contributed by atoms with Gasteiger partial charge in [-0.15, -0.1) is 0 Å². The van der Waals surface area contributed by atoms with Crippen molar-refractivity contribution in [1.29, 1.82) is 0 Å². The molecule has 4 aromatic rings. The second-order valence-corrected chi connectivity index (χ2v) is 9.74. The molecule has 0 saturated carbocycles. The summed E-state index contributed by atoms with van der Waals surface area (Å²) in [4.78, 5) is 46.4. The van der Waals surface area contributed by atoms with Gasteiger partial charge in [-0.3, -0.25) is 19.5 Å². The molecule has 2 bridgehead atoms. The van der Waals surface area contributed by atoms with Crippen molar-refractivity contribution < 1.29 is 19.1 Å². The zero-order chi connectivity index (χ0) is 24.6. The van der Waals surface area contributed by atoms with Crippen molar-refractivity contribution in [1.82, 2.24) is 9.88 Å². The monoisotopic (exact) mass is 474 g/mol. The molecule has 36 heavy (non-hydrogen) atoms. The molecule has 6 heteroatoms. The van der Waals surface area contributed by atoms with Gasteiger partial charge in [-0.25, -0.2) is 4.79 Å². The Labute approximate surface area is 207 Å². The van der Waals surface area contributed by atoms with Crippen LogP contribution in [0.25, 0.3) is 10.9 Å². The molecule has 0 radical (unpaired) electrons. The van der Waals surface area contributed by atoms with Crippen LogP contribution in [0.1, 0.15) is 41.0 Å². The summed E-state index contributed by atoms with van der Waals surface area (Å²) in [6.07, 6.45) is 1.63. The van der Waals surface area contributed by atoms with E-state index in [2.05, 4.69) is 29.2 Å². The lowest BCUT2D eigenvalue weighted by Crippen LogP contribution is -2.45. The Hall–Kier alpha value is -4.32. The van der Waals surface area contributed by atoms with Crippen LogP contribution in [0.2, 0.25) is 0 Å². The Morgan fingerprint density at radius 1 is 0.778 bits per heavy atom. The number of likely N-dealkylation sites (tertiary alicyclic amines) is 1. The van der Waals surface area contributed by atoms with E-state index in [4.69, 9.17) is 4.74 Å². The first kappa shape index (κ1) is 21.0. The molecule has 0 unspecified atom stereocenters. The standard InChI is InChI=1S/C30H22N2O4/c1-16(30(35)36-22-14-6-8-17-9-7-15-31-27(17)22)32-28(33)25-23-18-10-2-3-11-19(18)24(26(25)29(32)34)21-13-5-4-12-20(21)23/h2-16,23-26H,1H3/t16-,23?,24?,25-,26-/m1/s1. The van der Waals surface area contributed by atoms with Crippen molar-refractivity contribution in [3.8, 4) is 5.75 Å². The predicted octanol–water partition coefficient (Wildman–Crippen LogP) is 4.42. The van der Waals surface area contributed by atoms with Crippen molar-refractivity contribution in [3.05, 3.63) is 107 Å². The van der Waals surface area contributed by atoms with Crippen LogP contribution in [-0.2, 0) is 14.4 Å². The molecule has 4 aliphatic rings. The maximum Gasteiger partial charge on any atom is 0.334 e. The fourth-order valence-electron chi connectivity index (χ4n) is 6.54. The van der Waals surface area contributed by atoms with Gasteiger partial charge in [-0.1, -0.05) is 66.7 Å². The number of ether oxygens (including phenoxy) is 1. The van der Waals surface area contributed by atoms with E-state index in [0.29, 0.717) is 11.3 Å². The van der Waals surface area contributed by atoms with E-state index in [-0.39, 0.29) is 23.7 Å². The van der Waals surface area contributed by atoms with Crippen molar-refractivity contribution >= 4 is 28.7 Å². The molecule has 1 fully saturated rings. The summed E-state index contributed by atoms with van der Waals surface area (Å²) in [5.41, 5.74) is 4.95. The summed E-state index contributed by atoms with van der Waals surface area (Å²) in [5, 5.41) is 0.835. The van der Waals surface area contributed by atoms with Gasteiger partial charge in [0.15, 0.2) is 5.75 Å². The van der Waals surface area contributed by atoms with Crippen LogP contribution in [0, 0.1) is 11.8 Å². The van der Waals surface area contributed by atoms with Crippen LogP contribution >= 0.6 is 0 Å². The second kappa shape index (κ2) is 7.59. The van der Waals surface area contributed by atoms with E-state index in [0.717, 1.165) is 32.5 Å². The van der Waals surface area contributed by atoms with Crippen molar-refractivity contribution in [2.45, 2.75) is 24.8 Å². The van der Waals surface area contributed by atoms with Gasteiger partial charge < -0.3 is 4.74 Å². The molecular weight excluding hydrogens is 452 g/mol. The largest absolute Gasteiger partial charge is 0.423 e. The average Bonchev–Trinajstić information content (AvgIpc) is 3.18. The first-order chi connectivity index (χ1) is 17.6. The maximum absolute atomic E-state index is 13.9. The number of aromatic nitrogens is 1. The van der Waals surface area contributed by atoms with Crippen LogP contribution in [0.3, 0.4) is 0 Å². The highest BCUT2D eigenvalue weighted by molar-refractivity contribution is 6.10. The van der Waals surface area contributed by atoms with Gasteiger partial charge >= 0.3 is 5.97 Å². The summed E-state index contributed by atoms with van der Waals surface area (Å²) < 4.78 is 5.70. The molecular formula is C30H22N2O4. The number of hydrogen-bond donors (Lipinski definition) is 0. The number of rotatable bonds is 3. The summed E-state index contributed by atoms with van der Waals surface area (Å²) in [6.45, 7) is 1.57. The minimum Gasteiger partial charge on any atom is -0.423 e. The van der Waals surface area contributed by atoms with Gasteiger partial charge in [0.25, 0.3) is 0 Å². The molecule has 2 amide bonds.